The maximum absolute atomic E-state index is 13.5. The number of amides is 1. The van der Waals surface area contributed by atoms with Crippen LogP contribution in [-0.2, 0) is 14.3 Å². The van der Waals surface area contributed by atoms with Gasteiger partial charge < -0.3 is 10.1 Å². The zero-order valence-corrected chi connectivity index (χ0v) is 12.7. The Bertz CT molecular complexity index is 607. The highest BCUT2D eigenvalue weighted by molar-refractivity contribution is 6.06. The summed E-state index contributed by atoms with van der Waals surface area (Å²) in [6.45, 7) is 5.01. The van der Waals surface area contributed by atoms with Crippen LogP contribution in [0, 0.1) is 11.6 Å². The molecule has 1 aromatic rings. The molecule has 1 amide bonds. The average molecular weight is 312 g/mol. The number of fused-ring (bicyclic) bond motifs is 1. The molecule has 1 heterocycles. The molecule has 5 nitrogen and oxygen atoms in total. The van der Waals surface area contributed by atoms with Crippen molar-refractivity contribution in [3.63, 3.8) is 0 Å². The average Bonchev–Trinajstić information content (AvgIpc) is 2.48. The van der Waals surface area contributed by atoms with E-state index in [9.17, 15) is 18.4 Å². The number of esters is 1. The number of ether oxygens (including phenoxy) is 1. The van der Waals surface area contributed by atoms with Gasteiger partial charge in [-0.05, 0) is 20.3 Å². The fourth-order valence-electron chi connectivity index (χ4n) is 2.18. The fourth-order valence-corrected chi connectivity index (χ4v) is 2.18. The van der Waals surface area contributed by atoms with Crippen LogP contribution < -0.4 is 10.2 Å². The second-order valence-corrected chi connectivity index (χ2v) is 5.23. The van der Waals surface area contributed by atoms with Gasteiger partial charge >= 0.3 is 5.97 Å². The van der Waals surface area contributed by atoms with E-state index in [2.05, 4.69) is 5.32 Å². The van der Waals surface area contributed by atoms with Gasteiger partial charge in [0.15, 0.2) is 11.6 Å². The highest BCUT2D eigenvalue weighted by Gasteiger charge is 2.34. The van der Waals surface area contributed by atoms with Gasteiger partial charge in [-0.15, -0.1) is 0 Å². The van der Waals surface area contributed by atoms with Gasteiger partial charge in [-0.1, -0.05) is 6.92 Å². The highest BCUT2D eigenvalue weighted by atomic mass is 19.2. The van der Waals surface area contributed by atoms with E-state index < -0.39 is 29.6 Å². The minimum Gasteiger partial charge on any atom is -0.461 e. The van der Waals surface area contributed by atoms with E-state index in [-0.39, 0.29) is 24.0 Å². The largest absolute Gasteiger partial charge is 0.461 e. The number of hydrogen-bond acceptors (Lipinski definition) is 4. The molecular weight excluding hydrogens is 294 g/mol. The van der Waals surface area contributed by atoms with Crippen LogP contribution in [0.3, 0.4) is 0 Å². The first-order valence-corrected chi connectivity index (χ1v) is 7.10. The summed E-state index contributed by atoms with van der Waals surface area (Å²) < 4.78 is 32.0. The molecule has 0 aliphatic carbocycles. The smallest absolute Gasteiger partial charge is 0.329 e. The normalized spacial score (nSPS) is 16.6. The first-order chi connectivity index (χ1) is 10.3. The lowest BCUT2D eigenvalue weighted by atomic mass is 10.1. The van der Waals surface area contributed by atoms with Crippen molar-refractivity contribution in [2.24, 2.45) is 0 Å². The van der Waals surface area contributed by atoms with Crippen molar-refractivity contribution >= 4 is 23.3 Å². The number of nitrogens with zero attached hydrogens (tertiary/aromatic N) is 1. The Morgan fingerprint density at radius 2 is 2.00 bits per heavy atom. The Kier molecular flexibility index (Phi) is 4.63. The third-order valence-corrected chi connectivity index (χ3v) is 3.62. The predicted molar refractivity (Wildman–Crippen MR) is 77.6 cm³/mol. The molecule has 1 aliphatic rings. The number of halogens is 2. The third kappa shape index (κ3) is 3.03. The van der Waals surface area contributed by atoms with Crippen molar-refractivity contribution in [2.45, 2.75) is 39.3 Å². The minimum absolute atomic E-state index is 0.0982. The van der Waals surface area contributed by atoms with E-state index in [0.29, 0.717) is 6.42 Å². The Morgan fingerprint density at radius 1 is 1.36 bits per heavy atom. The monoisotopic (exact) mass is 312 g/mol. The summed E-state index contributed by atoms with van der Waals surface area (Å²) in [7, 11) is 0. The van der Waals surface area contributed by atoms with Crippen LogP contribution in [0.15, 0.2) is 12.1 Å². The van der Waals surface area contributed by atoms with Crippen molar-refractivity contribution in [2.75, 3.05) is 16.8 Å². The molecule has 22 heavy (non-hydrogen) atoms. The second-order valence-electron chi connectivity index (χ2n) is 5.23. The number of carbonyl (C=O) groups excluding carboxylic acids is 2. The van der Waals surface area contributed by atoms with Gasteiger partial charge in [0.2, 0.25) is 5.91 Å². The molecular formula is C15H18F2N2O3. The van der Waals surface area contributed by atoms with Gasteiger partial charge in [-0.3, -0.25) is 9.69 Å². The van der Waals surface area contributed by atoms with Crippen molar-refractivity contribution in [3.05, 3.63) is 23.8 Å². The first-order valence-electron chi connectivity index (χ1n) is 7.10. The molecule has 2 unspecified atom stereocenters. The SMILES string of the molecule is CCC(C)OC(=O)C(C)N1C(=O)CNc2cc(F)c(F)cc21. The molecule has 7 heteroatoms. The standard InChI is InChI=1S/C15H18F2N2O3/c1-4-8(2)22-15(21)9(3)19-13-6-11(17)10(16)5-12(13)18-7-14(19)20/h5-6,8-9,18H,4,7H2,1-3H3. The molecule has 0 saturated carbocycles. The lowest BCUT2D eigenvalue weighted by molar-refractivity contribution is -0.150. The number of anilines is 2. The van der Waals surface area contributed by atoms with E-state index in [1.165, 1.54) is 6.92 Å². The van der Waals surface area contributed by atoms with Crippen LogP contribution in [0.1, 0.15) is 27.2 Å². The van der Waals surface area contributed by atoms with Gasteiger partial charge in [0.25, 0.3) is 0 Å². The summed E-state index contributed by atoms with van der Waals surface area (Å²) in [6.07, 6.45) is 0.363. The van der Waals surface area contributed by atoms with Gasteiger partial charge in [0, 0.05) is 12.1 Å². The van der Waals surface area contributed by atoms with Crippen molar-refractivity contribution < 1.29 is 23.1 Å². The Labute approximate surface area is 127 Å². The van der Waals surface area contributed by atoms with Crippen molar-refractivity contribution in [3.8, 4) is 0 Å². The predicted octanol–water partition coefficient (Wildman–Crippen LogP) is 2.45. The van der Waals surface area contributed by atoms with Crippen LogP contribution in [0.25, 0.3) is 0 Å². The Hall–Kier alpha value is -2.18. The van der Waals surface area contributed by atoms with Crippen molar-refractivity contribution in [1.29, 1.82) is 0 Å². The lowest BCUT2D eigenvalue weighted by Crippen LogP contribution is -2.49. The second kappa shape index (κ2) is 6.29. The number of benzene rings is 1. The van der Waals surface area contributed by atoms with Gasteiger partial charge in [-0.25, -0.2) is 13.6 Å². The molecule has 1 aromatic carbocycles. The van der Waals surface area contributed by atoms with E-state index in [4.69, 9.17) is 4.74 Å². The summed E-state index contributed by atoms with van der Waals surface area (Å²) in [6, 6.07) is 0.950. The molecule has 1 N–H and O–H groups in total. The summed E-state index contributed by atoms with van der Waals surface area (Å²) >= 11 is 0. The first kappa shape index (κ1) is 16.2. The summed E-state index contributed by atoms with van der Waals surface area (Å²) in [5.41, 5.74) is 0.394. The van der Waals surface area contributed by atoms with Crippen LogP contribution in [0.5, 0.6) is 0 Å². The molecule has 0 saturated heterocycles. The Morgan fingerprint density at radius 3 is 2.64 bits per heavy atom. The van der Waals surface area contributed by atoms with E-state index >= 15 is 0 Å². The zero-order valence-electron chi connectivity index (χ0n) is 12.7. The van der Waals surface area contributed by atoms with Gasteiger partial charge in [0.05, 0.1) is 24.0 Å². The lowest BCUT2D eigenvalue weighted by Gasteiger charge is -2.34. The number of carbonyl (C=O) groups is 2. The third-order valence-electron chi connectivity index (χ3n) is 3.62. The zero-order chi connectivity index (χ0) is 16.4. The number of nitrogens with one attached hydrogen (secondary N) is 1. The molecule has 0 spiro atoms. The molecule has 1 aliphatic heterocycles. The molecule has 2 rings (SSSR count). The van der Waals surface area contributed by atoms with Crippen molar-refractivity contribution in [1.82, 2.24) is 0 Å². The number of rotatable bonds is 4. The molecule has 0 radical (unpaired) electrons. The molecule has 0 bridgehead atoms. The molecule has 0 fully saturated rings. The summed E-state index contributed by atoms with van der Waals surface area (Å²) in [4.78, 5) is 25.3. The molecule has 2 atom stereocenters. The Balaban J connectivity index is 2.33. The maximum atomic E-state index is 13.5. The maximum Gasteiger partial charge on any atom is 0.329 e. The van der Waals surface area contributed by atoms with E-state index in [1.54, 1.807) is 6.92 Å². The summed E-state index contributed by atoms with van der Waals surface area (Å²) in [5, 5.41) is 2.71. The van der Waals surface area contributed by atoms with Crippen LogP contribution in [-0.4, -0.2) is 30.6 Å². The molecule has 120 valence electrons. The quantitative estimate of drug-likeness (QED) is 0.868. The highest BCUT2D eigenvalue weighted by Crippen LogP contribution is 2.33. The van der Waals surface area contributed by atoms with E-state index in [0.717, 1.165) is 17.0 Å². The fraction of sp³-hybridized carbons (Fsp3) is 0.467. The van der Waals surface area contributed by atoms with Crippen LogP contribution in [0.2, 0.25) is 0 Å². The minimum atomic E-state index is -1.08. The topological polar surface area (TPSA) is 58.6 Å². The van der Waals surface area contributed by atoms with Gasteiger partial charge in [0.1, 0.15) is 6.04 Å². The van der Waals surface area contributed by atoms with Crippen LogP contribution in [0.4, 0.5) is 20.2 Å². The number of hydrogen-bond donors (Lipinski definition) is 1. The van der Waals surface area contributed by atoms with Crippen LogP contribution >= 0.6 is 0 Å². The summed E-state index contributed by atoms with van der Waals surface area (Å²) in [5.74, 6) is -3.09. The van der Waals surface area contributed by atoms with E-state index in [1.807, 2.05) is 6.92 Å². The molecule has 0 aromatic heterocycles. The van der Waals surface area contributed by atoms with Gasteiger partial charge in [-0.2, -0.15) is 0 Å².